The van der Waals surface area contributed by atoms with Gasteiger partial charge in [-0.3, -0.25) is 4.98 Å². The molecule has 0 amide bonds. The summed E-state index contributed by atoms with van der Waals surface area (Å²) in [5.41, 5.74) is 6.70. The molecule has 0 spiro atoms. The van der Waals surface area contributed by atoms with Gasteiger partial charge in [0.1, 0.15) is 0 Å². The minimum Gasteiger partial charge on any atom is -0.367 e. The van der Waals surface area contributed by atoms with E-state index in [0.717, 1.165) is 23.2 Å². The van der Waals surface area contributed by atoms with E-state index in [-0.39, 0.29) is 11.7 Å². The Hall–Kier alpha value is -0.650. The van der Waals surface area contributed by atoms with Crippen LogP contribution >= 0.6 is 15.9 Å². The van der Waals surface area contributed by atoms with Gasteiger partial charge in [0.25, 0.3) is 0 Å². The van der Waals surface area contributed by atoms with Crippen LogP contribution in [0.15, 0.2) is 22.9 Å². The van der Waals surface area contributed by atoms with Gasteiger partial charge in [-0.1, -0.05) is 0 Å². The normalized spacial score (nSPS) is 23.8. The number of aromatic nitrogens is 1. The molecule has 1 aliphatic rings. The van der Waals surface area contributed by atoms with Gasteiger partial charge in [0.15, 0.2) is 0 Å². The van der Waals surface area contributed by atoms with Crippen LogP contribution in [0.3, 0.4) is 0 Å². The molecule has 1 saturated heterocycles. The third-order valence-electron chi connectivity index (χ3n) is 2.84. The van der Waals surface area contributed by atoms with E-state index in [9.17, 15) is 0 Å². The maximum Gasteiger partial charge on any atom is 0.0879 e. The molecular weight excluding hydrogens is 282 g/mol. The van der Waals surface area contributed by atoms with Crippen molar-refractivity contribution in [3.8, 4) is 0 Å². The lowest BCUT2D eigenvalue weighted by Gasteiger charge is -2.43. The third kappa shape index (κ3) is 2.97. The van der Waals surface area contributed by atoms with Crippen LogP contribution in [0.2, 0.25) is 0 Å². The number of halogens is 1. The van der Waals surface area contributed by atoms with Crippen LogP contribution in [0.4, 0.5) is 5.69 Å². The fourth-order valence-corrected chi connectivity index (χ4v) is 2.73. The Balaban J connectivity index is 2.24. The second-order valence-corrected chi connectivity index (χ2v) is 5.80. The van der Waals surface area contributed by atoms with Crippen molar-refractivity contribution in [2.24, 2.45) is 5.73 Å². The lowest BCUT2D eigenvalue weighted by Crippen LogP contribution is -2.55. The molecule has 2 heterocycles. The van der Waals surface area contributed by atoms with Crippen LogP contribution < -0.4 is 10.6 Å². The summed E-state index contributed by atoms with van der Waals surface area (Å²) >= 11 is 3.53. The maximum atomic E-state index is 5.92. The zero-order chi connectivity index (χ0) is 12.5. The molecule has 0 saturated carbocycles. The molecule has 94 valence electrons. The van der Waals surface area contributed by atoms with Crippen molar-refractivity contribution in [3.63, 3.8) is 0 Å². The first-order valence-corrected chi connectivity index (χ1v) is 6.53. The van der Waals surface area contributed by atoms with Crippen LogP contribution in [0.5, 0.6) is 0 Å². The lowest BCUT2D eigenvalue weighted by atomic mass is 10.0. The van der Waals surface area contributed by atoms with E-state index in [1.54, 1.807) is 6.20 Å². The summed E-state index contributed by atoms with van der Waals surface area (Å²) in [4.78, 5) is 6.38. The largest absolute Gasteiger partial charge is 0.367 e. The first kappa shape index (κ1) is 12.8. The molecule has 4 nitrogen and oxygen atoms in total. The highest BCUT2D eigenvalue weighted by Crippen LogP contribution is 2.30. The Labute approximate surface area is 110 Å². The van der Waals surface area contributed by atoms with E-state index < -0.39 is 0 Å². The van der Waals surface area contributed by atoms with Crippen molar-refractivity contribution in [2.45, 2.75) is 25.6 Å². The minimum atomic E-state index is -0.176. The Morgan fingerprint density at radius 2 is 2.41 bits per heavy atom. The number of morpholine rings is 1. The summed E-state index contributed by atoms with van der Waals surface area (Å²) in [5, 5.41) is 0. The molecule has 1 aliphatic heterocycles. The van der Waals surface area contributed by atoms with Crippen molar-refractivity contribution in [1.29, 1.82) is 0 Å². The van der Waals surface area contributed by atoms with E-state index in [4.69, 9.17) is 10.5 Å². The van der Waals surface area contributed by atoms with Crippen LogP contribution in [-0.2, 0) is 4.74 Å². The standard InChI is InChI=1S/C12H18BrN3O/c1-12(2)8-16(7-9(5-14)17-12)11-3-4-15-6-10(11)13/h3-4,6,9H,5,7-8,14H2,1-2H3. The molecule has 0 aliphatic carbocycles. The molecule has 2 N–H and O–H groups in total. The van der Waals surface area contributed by atoms with E-state index in [0.29, 0.717) is 6.54 Å². The van der Waals surface area contributed by atoms with Crippen molar-refractivity contribution in [2.75, 3.05) is 24.5 Å². The molecular formula is C12H18BrN3O. The minimum absolute atomic E-state index is 0.0822. The summed E-state index contributed by atoms with van der Waals surface area (Å²) in [5.74, 6) is 0. The summed E-state index contributed by atoms with van der Waals surface area (Å²) in [6, 6.07) is 2.01. The van der Waals surface area contributed by atoms with Gasteiger partial charge in [-0.25, -0.2) is 0 Å². The second-order valence-electron chi connectivity index (χ2n) is 4.94. The average Bonchev–Trinajstić information content (AvgIpc) is 2.27. The molecule has 2 rings (SSSR count). The van der Waals surface area contributed by atoms with Gasteiger partial charge in [-0.2, -0.15) is 0 Å². The number of nitrogens with zero attached hydrogens (tertiary/aromatic N) is 2. The molecule has 0 radical (unpaired) electrons. The van der Waals surface area contributed by atoms with E-state index in [1.807, 2.05) is 12.3 Å². The van der Waals surface area contributed by atoms with E-state index in [2.05, 4.69) is 39.7 Å². The first-order valence-electron chi connectivity index (χ1n) is 5.74. The summed E-state index contributed by atoms with van der Waals surface area (Å²) in [7, 11) is 0. The van der Waals surface area contributed by atoms with Gasteiger partial charge < -0.3 is 15.4 Å². The maximum absolute atomic E-state index is 5.92. The highest BCUT2D eigenvalue weighted by molar-refractivity contribution is 9.10. The molecule has 1 fully saturated rings. The highest BCUT2D eigenvalue weighted by atomic mass is 79.9. The van der Waals surface area contributed by atoms with Crippen LogP contribution in [-0.4, -0.2) is 36.3 Å². The smallest absolute Gasteiger partial charge is 0.0879 e. The Morgan fingerprint density at radius 1 is 1.65 bits per heavy atom. The number of nitrogens with two attached hydrogens (primary N) is 1. The monoisotopic (exact) mass is 299 g/mol. The molecule has 17 heavy (non-hydrogen) atoms. The lowest BCUT2D eigenvalue weighted by molar-refractivity contribution is -0.0788. The molecule has 1 aromatic heterocycles. The van der Waals surface area contributed by atoms with E-state index in [1.165, 1.54) is 0 Å². The topological polar surface area (TPSA) is 51.4 Å². The Morgan fingerprint density at radius 3 is 3.06 bits per heavy atom. The van der Waals surface area contributed by atoms with Crippen LogP contribution in [0.1, 0.15) is 13.8 Å². The van der Waals surface area contributed by atoms with Gasteiger partial charge in [-0.05, 0) is 35.8 Å². The Bertz CT molecular complexity index is 397. The summed E-state index contributed by atoms with van der Waals surface area (Å²) in [6.07, 6.45) is 3.70. The number of hydrogen-bond acceptors (Lipinski definition) is 4. The molecule has 0 aromatic carbocycles. The average molecular weight is 300 g/mol. The fourth-order valence-electron chi connectivity index (χ4n) is 2.23. The highest BCUT2D eigenvalue weighted by Gasteiger charge is 2.33. The molecule has 0 bridgehead atoms. The predicted molar refractivity (Wildman–Crippen MR) is 72.2 cm³/mol. The van der Waals surface area contributed by atoms with Gasteiger partial charge in [0, 0.05) is 32.0 Å². The predicted octanol–water partition coefficient (Wildman–Crippen LogP) is 1.79. The van der Waals surface area contributed by atoms with E-state index >= 15 is 0 Å². The fraction of sp³-hybridized carbons (Fsp3) is 0.583. The molecule has 5 heteroatoms. The third-order valence-corrected chi connectivity index (χ3v) is 3.45. The van der Waals surface area contributed by atoms with Crippen molar-refractivity contribution in [3.05, 3.63) is 22.9 Å². The quantitative estimate of drug-likeness (QED) is 0.904. The molecule has 1 unspecified atom stereocenters. The molecule has 1 atom stereocenters. The van der Waals surface area contributed by atoms with Gasteiger partial charge in [-0.15, -0.1) is 0 Å². The SMILES string of the molecule is CC1(C)CN(c2ccncc2Br)CC(CN)O1. The zero-order valence-corrected chi connectivity index (χ0v) is 11.8. The van der Waals surface area contributed by atoms with Crippen molar-refractivity contribution < 1.29 is 4.74 Å². The van der Waals surface area contributed by atoms with Crippen molar-refractivity contribution in [1.82, 2.24) is 4.98 Å². The Kier molecular flexibility index (Phi) is 3.70. The number of ether oxygens (including phenoxy) is 1. The van der Waals surface area contributed by atoms with Crippen LogP contribution in [0, 0.1) is 0 Å². The summed E-state index contributed by atoms with van der Waals surface area (Å²) < 4.78 is 6.92. The first-order chi connectivity index (χ1) is 8.02. The number of anilines is 1. The van der Waals surface area contributed by atoms with Gasteiger partial charge >= 0.3 is 0 Å². The zero-order valence-electron chi connectivity index (χ0n) is 10.2. The number of rotatable bonds is 2. The van der Waals surface area contributed by atoms with Crippen LogP contribution in [0.25, 0.3) is 0 Å². The second kappa shape index (κ2) is 4.92. The van der Waals surface area contributed by atoms with Gasteiger partial charge in [0.05, 0.1) is 21.9 Å². The summed E-state index contributed by atoms with van der Waals surface area (Å²) in [6.45, 7) is 6.41. The molecule has 1 aromatic rings. The van der Waals surface area contributed by atoms with Gasteiger partial charge in [0.2, 0.25) is 0 Å². The van der Waals surface area contributed by atoms with Crippen molar-refractivity contribution >= 4 is 21.6 Å². The number of pyridine rings is 1. The number of hydrogen-bond donors (Lipinski definition) is 1.